The summed E-state index contributed by atoms with van der Waals surface area (Å²) < 4.78 is 51.3. The van der Waals surface area contributed by atoms with E-state index < -0.39 is 56.5 Å². The van der Waals surface area contributed by atoms with Crippen molar-refractivity contribution in [3.63, 3.8) is 0 Å². The van der Waals surface area contributed by atoms with Crippen molar-refractivity contribution in [1.29, 1.82) is 0 Å². The molecule has 17 heteroatoms. The van der Waals surface area contributed by atoms with Gasteiger partial charge in [0.2, 0.25) is 0 Å². The molecule has 362 valence electrons. The molecule has 5 rings (SSSR count). The number of esters is 1. The molecule has 1 aliphatic rings. The number of nitrogens with zero attached hydrogens (tertiary/aromatic N) is 4. The number of carbonyl (C=O) groups excluding carboxylic acids is 1. The first-order valence-electron chi connectivity index (χ1n) is 23.8. The number of rotatable bonds is 33. The van der Waals surface area contributed by atoms with Gasteiger partial charge in [0.1, 0.15) is 48.6 Å². The molecule has 0 saturated carbocycles. The van der Waals surface area contributed by atoms with E-state index in [2.05, 4.69) is 26.9 Å². The van der Waals surface area contributed by atoms with E-state index in [0.29, 0.717) is 12.1 Å². The van der Waals surface area contributed by atoms with Crippen molar-refractivity contribution in [2.24, 2.45) is 0 Å². The van der Waals surface area contributed by atoms with Crippen LogP contribution in [0.1, 0.15) is 134 Å². The molecule has 1 saturated heterocycles. The van der Waals surface area contributed by atoms with Crippen LogP contribution in [0.4, 0.5) is 5.82 Å². The van der Waals surface area contributed by atoms with E-state index in [9.17, 15) is 19.6 Å². The van der Waals surface area contributed by atoms with Gasteiger partial charge in [0.05, 0.1) is 18.9 Å². The summed E-state index contributed by atoms with van der Waals surface area (Å²) >= 11 is 0. The fraction of sp³-hybridized carbons (Fsp3) is 0.592. The lowest BCUT2D eigenvalue weighted by molar-refractivity contribution is -0.152. The number of aliphatic hydroxyl groups excluding tert-OH is 2. The molecule has 0 aliphatic carbocycles. The van der Waals surface area contributed by atoms with Crippen LogP contribution >= 0.6 is 7.75 Å². The number of carbonyl (C=O) groups is 1. The highest BCUT2D eigenvalue weighted by molar-refractivity contribution is 7.52. The molecule has 1 aliphatic heterocycles. The molecule has 3 heterocycles. The number of nitrogens with two attached hydrogens (primary N) is 1. The Morgan fingerprint density at radius 3 is 2.12 bits per heavy atom. The van der Waals surface area contributed by atoms with Gasteiger partial charge in [-0.1, -0.05) is 152 Å². The molecule has 5 N–H and O–H groups in total. The Morgan fingerprint density at radius 1 is 0.894 bits per heavy atom. The number of anilines is 1. The van der Waals surface area contributed by atoms with Crippen LogP contribution in [-0.2, 0) is 39.4 Å². The number of hydrogen-bond donors (Lipinski definition) is 4. The number of para-hydroxylation sites is 1. The minimum Gasteiger partial charge on any atom is -0.462 e. The van der Waals surface area contributed by atoms with Crippen molar-refractivity contribution in [3.8, 4) is 5.75 Å². The van der Waals surface area contributed by atoms with Gasteiger partial charge in [0, 0.05) is 6.61 Å². The largest absolute Gasteiger partial charge is 0.462 e. The lowest BCUT2D eigenvalue weighted by Crippen LogP contribution is -2.45. The number of fused-ring (bicyclic) bond motifs is 1. The summed E-state index contributed by atoms with van der Waals surface area (Å²) in [5.74, 6) is -0.481. The first-order valence-corrected chi connectivity index (χ1v) is 25.3. The van der Waals surface area contributed by atoms with Crippen molar-refractivity contribution >= 4 is 25.1 Å². The number of unbranched alkanes of at least 4 members (excludes halogenated alkanes) is 15. The smallest absolute Gasteiger partial charge is 0.459 e. The maximum Gasteiger partial charge on any atom is 0.459 e. The van der Waals surface area contributed by atoms with Crippen molar-refractivity contribution in [2.75, 3.05) is 32.2 Å². The summed E-state index contributed by atoms with van der Waals surface area (Å²) in [7, 11) is -4.55. The molecule has 2 aromatic carbocycles. The molecular formula is C49H71N6O10P. The summed E-state index contributed by atoms with van der Waals surface area (Å²) in [6.45, 7) is 11.8. The number of aliphatic hydroxyl groups is 2. The third-order valence-electron chi connectivity index (χ3n) is 11.7. The Balaban J connectivity index is 1.09. The highest BCUT2D eigenvalue weighted by atomic mass is 31.2. The Hall–Kier alpha value is -4.43. The second-order valence-corrected chi connectivity index (χ2v) is 18.8. The van der Waals surface area contributed by atoms with E-state index in [1.165, 1.54) is 120 Å². The van der Waals surface area contributed by atoms with Gasteiger partial charge in [-0.3, -0.25) is 18.9 Å². The second-order valence-electron chi connectivity index (χ2n) is 17.1. The molecular weight excluding hydrogens is 864 g/mol. The van der Waals surface area contributed by atoms with Crippen LogP contribution in [0.15, 0.2) is 79.1 Å². The number of nitrogens with one attached hydrogen (secondary N) is 1. The fourth-order valence-electron chi connectivity index (χ4n) is 7.84. The van der Waals surface area contributed by atoms with E-state index >= 15 is 0 Å². The van der Waals surface area contributed by atoms with Gasteiger partial charge >= 0.3 is 19.4 Å². The van der Waals surface area contributed by atoms with Gasteiger partial charge in [0.15, 0.2) is 18.5 Å². The Kier molecular flexibility index (Phi) is 22.3. The first-order chi connectivity index (χ1) is 32.1. The predicted molar refractivity (Wildman–Crippen MR) is 252 cm³/mol. The monoisotopic (exact) mass is 934 g/mol. The second kappa shape index (κ2) is 28.0. The lowest BCUT2D eigenvalue weighted by Gasteiger charge is -2.26. The Morgan fingerprint density at radius 2 is 1.50 bits per heavy atom. The third kappa shape index (κ3) is 16.4. The van der Waals surface area contributed by atoms with Gasteiger partial charge in [-0.25, -0.2) is 20.6 Å². The molecule has 7 atom stereocenters. The topological polar surface area (TPSA) is 203 Å². The van der Waals surface area contributed by atoms with E-state index in [1.54, 1.807) is 30.3 Å². The summed E-state index contributed by atoms with van der Waals surface area (Å²) in [6, 6.07) is 19.7. The fourth-order valence-corrected chi connectivity index (χ4v) is 9.35. The van der Waals surface area contributed by atoms with Gasteiger partial charge in [-0.2, -0.15) is 10.2 Å². The Labute approximate surface area is 390 Å². The lowest BCUT2D eigenvalue weighted by atomic mass is 10.0. The van der Waals surface area contributed by atoms with Gasteiger partial charge in [-0.05, 0) is 43.2 Å². The standard InChI is InChI=1S/C49H71N6O10P/c1-4-5-6-7-8-9-10-11-12-13-14-15-16-17-18-25-32-60-34-41(61-33-39-26-21-19-22-27-39)35-62-48(58)38(2)54-66(59,65-40-28-23-20-24-29-40)63-36-49(51-3)46(57)44(56)45(64-49)42-30-31-43-47(50)52-37-53-55(42)43/h19-24,26-31,37-38,41,44-46,56-57H,4-18,25,32-36H2,1-2H3,(H,54,59)(H2,50,52,53)/t38?,41-,44+,45+,46+,49-,66?/m1/s1. The molecule has 0 bridgehead atoms. The van der Waals surface area contributed by atoms with Crippen LogP contribution in [0.3, 0.4) is 0 Å². The van der Waals surface area contributed by atoms with Crippen molar-refractivity contribution in [1.82, 2.24) is 19.7 Å². The zero-order valence-corrected chi connectivity index (χ0v) is 39.6. The van der Waals surface area contributed by atoms with Crippen molar-refractivity contribution < 1.29 is 47.6 Å². The summed E-state index contributed by atoms with van der Waals surface area (Å²) in [4.78, 5) is 21.0. The number of benzene rings is 2. The number of ether oxygens (including phenoxy) is 4. The maximum absolute atomic E-state index is 14.5. The maximum atomic E-state index is 14.5. The average Bonchev–Trinajstić information content (AvgIpc) is 3.87. The highest BCUT2D eigenvalue weighted by Crippen LogP contribution is 2.49. The van der Waals surface area contributed by atoms with E-state index in [1.807, 2.05) is 30.3 Å². The molecule has 0 spiro atoms. The average molecular weight is 935 g/mol. The van der Waals surface area contributed by atoms with Crippen LogP contribution in [0.2, 0.25) is 0 Å². The van der Waals surface area contributed by atoms with Crippen LogP contribution in [0.25, 0.3) is 10.4 Å². The quantitative estimate of drug-likeness (QED) is 0.0152. The van der Waals surface area contributed by atoms with Gasteiger partial charge < -0.3 is 34.7 Å². The zero-order valence-electron chi connectivity index (χ0n) is 38.7. The molecule has 66 heavy (non-hydrogen) atoms. The SMILES string of the molecule is [C-]#[N+][C@]1(COP(=O)(NC(C)C(=O)OC[C@@H](COCCCCCCCCCCCCCCCCCC)OCc2ccccc2)Oc2ccccc2)O[C@@H](c2ccc3c(N)ncnn23)[C@H](O)[C@@H]1O. The zero-order chi connectivity index (χ0) is 47.0. The van der Waals surface area contributed by atoms with Crippen LogP contribution in [-0.4, -0.2) is 87.3 Å². The highest BCUT2D eigenvalue weighted by Gasteiger charge is 2.62. The minimum absolute atomic E-state index is 0.129. The Bertz CT molecular complexity index is 2090. The van der Waals surface area contributed by atoms with E-state index in [0.717, 1.165) is 18.4 Å². The van der Waals surface area contributed by atoms with Crippen LogP contribution in [0.5, 0.6) is 5.75 Å². The summed E-state index contributed by atoms with van der Waals surface area (Å²) in [5, 5.41) is 29.1. The number of aromatic nitrogens is 3. The first kappa shape index (κ1) is 52.5. The van der Waals surface area contributed by atoms with Crippen LogP contribution < -0.4 is 15.3 Å². The minimum atomic E-state index is -4.55. The summed E-state index contributed by atoms with van der Waals surface area (Å²) in [5.41, 5.74) is 5.39. The molecule has 0 amide bonds. The predicted octanol–water partition coefficient (Wildman–Crippen LogP) is 9.31. The molecule has 0 radical (unpaired) electrons. The molecule has 2 aromatic heterocycles. The molecule has 2 unspecified atom stereocenters. The van der Waals surface area contributed by atoms with Gasteiger partial charge in [-0.15, -0.1) is 0 Å². The van der Waals surface area contributed by atoms with Crippen LogP contribution in [0, 0.1) is 6.57 Å². The van der Waals surface area contributed by atoms with Crippen molar-refractivity contribution in [2.45, 2.75) is 159 Å². The molecule has 4 aromatic rings. The number of hydrogen-bond acceptors (Lipinski definition) is 13. The molecule has 1 fully saturated rings. The normalized spacial score (nSPS) is 20.1. The number of nitrogen functional groups attached to an aromatic ring is 1. The third-order valence-corrected chi connectivity index (χ3v) is 13.3. The van der Waals surface area contributed by atoms with Gasteiger partial charge in [0.25, 0.3) is 0 Å². The van der Waals surface area contributed by atoms with E-state index in [-0.39, 0.29) is 37.1 Å². The molecule has 16 nitrogen and oxygen atoms in total. The van der Waals surface area contributed by atoms with E-state index in [4.69, 9.17) is 40.3 Å². The summed E-state index contributed by atoms with van der Waals surface area (Å²) in [6.07, 6.45) is 16.6. The van der Waals surface area contributed by atoms with Crippen molar-refractivity contribution in [3.05, 3.63) is 102 Å².